The first-order valence-corrected chi connectivity index (χ1v) is 26.2. The molecule has 1 saturated heterocycles. The van der Waals surface area contributed by atoms with Gasteiger partial charge in [-0.25, -0.2) is 4.79 Å². The first-order chi connectivity index (χ1) is 30.2. The molecule has 11 heteroatoms. The molecule has 1 aliphatic rings. The maximum Gasteiger partial charge on any atom is 0.328 e. The lowest BCUT2D eigenvalue weighted by Gasteiger charge is -2.24. The van der Waals surface area contributed by atoms with Gasteiger partial charge < -0.3 is 14.4 Å². The third kappa shape index (κ3) is 33.0. The zero-order valence-corrected chi connectivity index (χ0v) is 40.6. The van der Waals surface area contributed by atoms with E-state index < -0.39 is 23.9 Å². The summed E-state index contributed by atoms with van der Waals surface area (Å²) in [6, 6.07) is -1.84. The molecule has 1 unspecified atom stereocenters. The number of imide groups is 2. The largest absolute Gasteiger partial charge is 0.462 e. The van der Waals surface area contributed by atoms with Crippen molar-refractivity contribution in [2.45, 2.75) is 271 Å². The van der Waals surface area contributed by atoms with Crippen molar-refractivity contribution >= 4 is 29.8 Å². The van der Waals surface area contributed by atoms with Gasteiger partial charge in [-0.15, -0.1) is 0 Å². The summed E-state index contributed by atoms with van der Waals surface area (Å²) in [4.78, 5) is 63.5. The Morgan fingerprint density at radius 2 is 0.839 bits per heavy atom. The van der Waals surface area contributed by atoms with Gasteiger partial charge >= 0.3 is 18.0 Å². The number of barbiturate groups is 1. The molecule has 0 aromatic carbocycles. The summed E-state index contributed by atoms with van der Waals surface area (Å²) in [7, 11) is 0. The molecule has 0 aromatic rings. The van der Waals surface area contributed by atoms with Crippen molar-refractivity contribution in [3.05, 3.63) is 0 Å². The van der Waals surface area contributed by atoms with Crippen molar-refractivity contribution in [3.8, 4) is 0 Å². The number of urea groups is 1. The van der Waals surface area contributed by atoms with E-state index in [2.05, 4.69) is 48.5 Å². The summed E-state index contributed by atoms with van der Waals surface area (Å²) in [6.45, 7) is 12.1. The number of hydrogen-bond donors (Lipinski definition) is 3. The first-order valence-electron chi connectivity index (χ1n) is 26.2. The third-order valence-electron chi connectivity index (χ3n) is 12.4. The number of hydrogen-bond acceptors (Lipinski definition) is 9. The van der Waals surface area contributed by atoms with Crippen molar-refractivity contribution < 1.29 is 33.4 Å². The van der Waals surface area contributed by atoms with E-state index in [1.165, 1.54) is 96.3 Å². The van der Waals surface area contributed by atoms with Crippen LogP contribution in [0.1, 0.15) is 252 Å². The Bertz CT molecular complexity index is 1100. The highest BCUT2D eigenvalue weighted by molar-refractivity contribution is 6.18. The summed E-state index contributed by atoms with van der Waals surface area (Å²) < 4.78 is 11.9. The number of carbonyl (C=O) groups is 5. The van der Waals surface area contributed by atoms with Crippen molar-refractivity contribution in [1.82, 2.24) is 20.9 Å². The maximum atomic E-state index is 12.9. The van der Waals surface area contributed by atoms with Gasteiger partial charge in [0, 0.05) is 12.8 Å². The number of rotatable bonds is 45. The van der Waals surface area contributed by atoms with Crippen LogP contribution in [0.5, 0.6) is 0 Å². The molecule has 0 saturated carbocycles. The van der Waals surface area contributed by atoms with Gasteiger partial charge in [-0.3, -0.25) is 35.1 Å². The van der Waals surface area contributed by atoms with E-state index in [1.807, 2.05) is 0 Å². The summed E-state index contributed by atoms with van der Waals surface area (Å²) in [5, 5.41) is 7.30. The fourth-order valence-electron chi connectivity index (χ4n) is 8.41. The Morgan fingerprint density at radius 3 is 1.27 bits per heavy atom. The fraction of sp³-hybridized carbons (Fsp3) is 0.902. The van der Waals surface area contributed by atoms with Gasteiger partial charge in [-0.2, -0.15) is 0 Å². The van der Waals surface area contributed by atoms with Crippen LogP contribution in [0.3, 0.4) is 0 Å². The highest BCUT2D eigenvalue weighted by atomic mass is 16.5. The Kier molecular flexibility index (Phi) is 38.2. The standard InChI is InChI=1S/C51H96N4O7/c1-5-9-12-15-20-27-35-44(8-4)61-46(56)38-30-23-18-25-32-41-55(43-34-40-52-48-49(58)53-51(60)54-50(48)59)42-33-26-19-24-31-39-47(57)62-45(36-28-21-16-13-10-6-2)37-29-22-17-14-11-7-3/h44-45,48,52H,5-43H2,1-4H3,(H2,53,54,58,59,60). The zero-order valence-electron chi connectivity index (χ0n) is 40.6. The molecule has 0 bridgehead atoms. The molecule has 1 rings (SSSR count). The van der Waals surface area contributed by atoms with Crippen LogP contribution in [-0.2, 0) is 28.7 Å². The molecule has 1 heterocycles. The fourth-order valence-corrected chi connectivity index (χ4v) is 8.41. The predicted octanol–water partition coefficient (Wildman–Crippen LogP) is 12.2. The molecule has 0 radical (unpaired) electrons. The van der Waals surface area contributed by atoms with E-state index in [0.717, 1.165) is 135 Å². The van der Waals surface area contributed by atoms with Crippen molar-refractivity contribution in [3.63, 3.8) is 0 Å². The number of ether oxygens (including phenoxy) is 2. The average Bonchev–Trinajstić information content (AvgIpc) is 3.24. The van der Waals surface area contributed by atoms with Crippen LogP contribution < -0.4 is 16.0 Å². The molecule has 1 fully saturated rings. The van der Waals surface area contributed by atoms with Gasteiger partial charge in [0.15, 0.2) is 6.04 Å². The minimum Gasteiger partial charge on any atom is -0.462 e. The molecule has 11 nitrogen and oxygen atoms in total. The van der Waals surface area contributed by atoms with E-state index in [-0.39, 0.29) is 24.1 Å². The maximum absolute atomic E-state index is 12.9. The molecule has 0 aromatic heterocycles. The van der Waals surface area contributed by atoms with E-state index in [9.17, 15) is 24.0 Å². The molecular formula is C51H96N4O7. The van der Waals surface area contributed by atoms with Gasteiger partial charge in [0.1, 0.15) is 12.2 Å². The lowest BCUT2D eigenvalue weighted by atomic mass is 10.0. The minimum absolute atomic E-state index is 0.0228. The summed E-state index contributed by atoms with van der Waals surface area (Å²) in [5.41, 5.74) is 0. The predicted molar refractivity (Wildman–Crippen MR) is 254 cm³/mol. The van der Waals surface area contributed by atoms with Gasteiger partial charge in [0.2, 0.25) is 0 Å². The normalized spacial score (nSPS) is 13.8. The van der Waals surface area contributed by atoms with Crippen molar-refractivity contribution in [2.75, 3.05) is 26.2 Å². The quantitative estimate of drug-likeness (QED) is 0.0309. The van der Waals surface area contributed by atoms with Crippen LogP contribution in [0, 0.1) is 0 Å². The highest BCUT2D eigenvalue weighted by Crippen LogP contribution is 2.19. The van der Waals surface area contributed by atoms with E-state index >= 15 is 0 Å². The van der Waals surface area contributed by atoms with Crippen LogP contribution in [0.2, 0.25) is 0 Å². The molecule has 0 aliphatic carbocycles. The number of carbonyl (C=O) groups excluding carboxylic acids is 5. The highest BCUT2D eigenvalue weighted by Gasteiger charge is 2.33. The van der Waals surface area contributed by atoms with Crippen LogP contribution >= 0.6 is 0 Å². The molecule has 62 heavy (non-hydrogen) atoms. The number of nitrogens with one attached hydrogen (secondary N) is 3. The summed E-state index contributed by atoms with van der Waals surface area (Å²) in [6.07, 6.45) is 38.7. The number of esters is 2. The van der Waals surface area contributed by atoms with E-state index in [0.29, 0.717) is 19.4 Å². The van der Waals surface area contributed by atoms with Gasteiger partial charge in [0.05, 0.1) is 0 Å². The van der Waals surface area contributed by atoms with E-state index in [1.54, 1.807) is 0 Å². The first kappa shape index (κ1) is 57.5. The second-order valence-electron chi connectivity index (χ2n) is 18.2. The average molecular weight is 877 g/mol. The molecule has 1 aliphatic heterocycles. The van der Waals surface area contributed by atoms with Crippen molar-refractivity contribution in [2.24, 2.45) is 0 Å². The lowest BCUT2D eigenvalue weighted by molar-refractivity contribution is -0.150. The molecular weight excluding hydrogens is 781 g/mol. The molecule has 0 spiro atoms. The topological polar surface area (TPSA) is 143 Å². The molecule has 1 atom stereocenters. The second-order valence-corrected chi connectivity index (χ2v) is 18.2. The van der Waals surface area contributed by atoms with Crippen LogP contribution in [0.15, 0.2) is 0 Å². The van der Waals surface area contributed by atoms with Gasteiger partial charge in [-0.05, 0) is 103 Å². The van der Waals surface area contributed by atoms with Crippen LogP contribution in [0.25, 0.3) is 0 Å². The Morgan fingerprint density at radius 1 is 0.484 bits per heavy atom. The Balaban J connectivity index is 2.42. The minimum atomic E-state index is -1.06. The molecule has 4 amide bonds. The van der Waals surface area contributed by atoms with Crippen molar-refractivity contribution in [1.29, 1.82) is 0 Å². The number of nitrogens with zero attached hydrogens (tertiary/aromatic N) is 1. The lowest BCUT2D eigenvalue weighted by Crippen LogP contribution is -2.63. The summed E-state index contributed by atoms with van der Waals surface area (Å²) in [5.74, 6) is -1.30. The number of unbranched alkanes of at least 4 members (excludes halogenated alkanes) is 23. The SMILES string of the molecule is CCCCCCCCC(CC)OC(=O)CCCCCCCN(CCCCCCCC(=O)OC(CCCCCCCC)CCCCCCCC)CCCNC1C(=O)NC(=O)NC1=O. The second kappa shape index (κ2) is 41.2. The Hall–Kier alpha value is -2.53. The third-order valence-corrected chi connectivity index (χ3v) is 12.4. The summed E-state index contributed by atoms with van der Waals surface area (Å²) >= 11 is 0. The molecule has 362 valence electrons. The van der Waals surface area contributed by atoms with E-state index in [4.69, 9.17) is 9.47 Å². The van der Waals surface area contributed by atoms with Crippen LogP contribution in [0.4, 0.5) is 4.79 Å². The molecule has 3 N–H and O–H groups in total. The van der Waals surface area contributed by atoms with Gasteiger partial charge in [0.25, 0.3) is 11.8 Å². The number of amides is 4. The van der Waals surface area contributed by atoms with Gasteiger partial charge in [-0.1, -0.05) is 163 Å². The zero-order chi connectivity index (χ0) is 45.3. The smallest absolute Gasteiger partial charge is 0.328 e. The van der Waals surface area contributed by atoms with Crippen LogP contribution in [-0.4, -0.2) is 79.1 Å². The monoisotopic (exact) mass is 877 g/mol. The Labute approximate surface area is 379 Å².